The van der Waals surface area contributed by atoms with Gasteiger partial charge in [-0.3, -0.25) is 0 Å². The number of aliphatic hydroxyl groups excluding tert-OH is 1. The van der Waals surface area contributed by atoms with E-state index in [1.807, 2.05) is 19.1 Å². The number of hydrogen-bond acceptors (Lipinski definition) is 5. The van der Waals surface area contributed by atoms with E-state index in [4.69, 9.17) is 14.3 Å². The number of aliphatic hydroxyl groups is 1. The third-order valence-electron chi connectivity index (χ3n) is 2.91. The van der Waals surface area contributed by atoms with Crippen LogP contribution in [-0.4, -0.2) is 18.2 Å². The summed E-state index contributed by atoms with van der Waals surface area (Å²) in [6.45, 7) is 2.21. The van der Waals surface area contributed by atoms with Crippen molar-refractivity contribution in [2.24, 2.45) is 0 Å². The van der Waals surface area contributed by atoms with Crippen LogP contribution in [0.3, 0.4) is 0 Å². The predicted octanol–water partition coefficient (Wildman–Crippen LogP) is 2.48. The number of ether oxygens (including phenoxy) is 1. The molecular formula is C15H17NO4. The molecule has 0 aliphatic carbocycles. The highest BCUT2D eigenvalue weighted by Crippen LogP contribution is 2.20. The van der Waals surface area contributed by atoms with E-state index in [-0.39, 0.29) is 12.6 Å². The summed E-state index contributed by atoms with van der Waals surface area (Å²) in [6, 6.07) is 9.01. The molecule has 20 heavy (non-hydrogen) atoms. The molecule has 2 rings (SSSR count). The molecule has 1 heterocycles. The summed E-state index contributed by atoms with van der Waals surface area (Å²) >= 11 is 0. The highest BCUT2D eigenvalue weighted by atomic mass is 16.5. The van der Waals surface area contributed by atoms with E-state index in [0.717, 1.165) is 5.56 Å². The fourth-order valence-electron chi connectivity index (χ4n) is 1.88. The van der Waals surface area contributed by atoms with E-state index in [1.165, 1.54) is 7.11 Å². The van der Waals surface area contributed by atoms with Crippen molar-refractivity contribution in [1.82, 2.24) is 0 Å². The second kappa shape index (κ2) is 6.25. The van der Waals surface area contributed by atoms with Gasteiger partial charge in [-0.05, 0) is 31.2 Å². The van der Waals surface area contributed by atoms with E-state index in [0.29, 0.717) is 29.3 Å². The van der Waals surface area contributed by atoms with Gasteiger partial charge >= 0.3 is 5.97 Å². The minimum absolute atomic E-state index is 0.127. The number of esters is 1. The number of carbonyl (C=O) groups excluding carboxylic acids is 1. The average molecular weight is 275 g/mol. The molecule has 5 nitrogen and oxygen atoms in total. The Morgan fingerprint density at radius 2 is 2.05 bits per heavy atom. The Kier molecular flexibility index (Phi) is 4.42. The first-order chi connectivity index (χ1) is 9.63. The summed E-state index contributed by atoms with van der Waals surface area (Å²) in [5.74, 6) is 0.816. The fraction of sp³-hybridized carbons (Fsp3) is 0.267. The standard InChI is InChI=1S/C15H17NO4/c1-10-3-6-14(13(7-10)15(18)19-2)16-8-11-4-5-12(9-17)20-11/h3-7,16-17H,8-9H2,1-2H3. The molecule has 0 spiro atoms. The lowest BCUT2D eigenvalue weighted by molar-refractivity contribution is 0.0601. The number of nitrogens with one attached hydrogen (secondary N) is 1. The number of aryl methyl sites for hydroxylation is 1. The molecule has 5 heteroatoms. The molecule has 0 amide bonds. The molecule has 0 saturated heterocycles. The first kappa shape index (κ1) is 14.1. The quantitative estimate of drug-likeness (QED) is 0.820. The number of methoxy groups -OCH3 is 1. The van der Waals surface area contributed by atoms with Gasteiger partial charge in [-0.1, -0.05) is 11.6 Å². The molecular weight excluding hydrogens is 258 g/mol. The second-order valence-corrected chi connectivity index (χ2v) is 4.42. The smallest absolute Gasteiger partial charge is 0.339 e. The Labute approximate surface area is 117 Å². The summed E-state index contributed by atoms with van der Waals surface area (Å²) in [6.07, 6.45) is 0. The maximum absolute atomic E-state index is 11.7. The zero-order valence-electron chi connectivity index (χ0n) is 11.5. The average Bonchev–Trinajstić information content (AvgIpc) is 2.93. The topological polar surface area (TPSA) is 71.7 Å². The summed E-state index contributed by atoms with van der Waals surface area (Å²) in [7, 11) is 1.36. The lowest BCUT2D eigenvalue weighted by atomic mass is 10.1. The van der Waals surface area contributed by atoms with Crippen molar-refractivity contribution >= 4 is 11.7 Å². The second-order valence-electron chi connectivity index (χ2n) is 4.42. The van der Waals surface area contributed by atoms with Crippen molar-refractivity contribution in [3.05, 3.63) is 53.0 Å². The maximum Gasteiger partial charge on any atom is 0.339 e. The Bertz CT molecular complexity index is 604. The van der Waals surface area contributed by atoms with Gasteiger partial charge in [0.05, 0.1) is 19.2 Å². The highest BCUT2D eigenvalue weighted by Gasteiger charge is 2.12. The molecule has 106 valence electrons. The van der Waals surface area contributed by atoms with Crippen LogP contribution in [0.15, 0.2) is 34.7 Å². The Morgan fingerprint density at radius 3 is 2.70 bits per heavy atom. The van der Waals surface area contributed by atoms with E-state index in [2.05, 4.69) is 5.32 Å². The van der Waals surface area contributed by atoms with Crippen LogP contribution in [-0.2, 0) is 17.9 Å². The minimum Gasteiger partial charge on any atom is -0.465 e. The van der Waals surface area contributed by atoms with Crippen molar-refractivity contribution in [3.63, 3.8) is 0 Å². The molecule has 1 aromatic carbocycles. The third-order valence-corrected chi connectivity index (χ3v) is 2.91. The third kappa shape index (κ3) is 3.19. The monoisotopic (exact) mass is 275 g/mol. The fourth-order valence-corrected chi connectivity index (χ4v) is 1.88. The van der Waals surface area contributed by atoms with Gasteiger partial charge in [0.2, 0.25) is 0 Å². The molecule has 2 aromatic rings. The largest absolute Gasteiger partial charge is 0.465 e. The lowest BCUT2D eigenvalue weighted by Crippen LogP contribution is -2.08. The summed E-state index contributed by atoms with van der Waals surface area (Å²) in [5, 5.41) is 12.1. The predicted molar refractivity (Wildman–Crippen MR) is 74.5 cm³/mol. The molecule has 1 aromatic heterocycles. The molecule has 2 N–H and O–H groups in total. The van der Waals surface area contributed by atoms with Crippen molar-refractivity contribution in [1.29, 1.82) is 0 Å². The van der Waals surface area contributed by atoms with Gasteiger partial charge in [0, 0.05) is 5.69 Å². The molecule has 0 aliphatic heterocycles. The highest BCUT2D eigenvalue weighted by molar-refractivity contribution is 5.95. The van der Waals surface area contributed by atoms with Gasteiger partial charge in [0.25, 0.3) is 0 Å². The van der Waals surface area contributed by atoms with Crippen LogP contribution in [0.1, 0.15) is 27.4 Å². The number of benzene rings is 1. The lowest BCUT2D eigenvalue weighted by Gasteiger charge is -2.10. The van der Waals surface area contributed by atoms with Crippen LogP contribution in [0, 0.1) is 6.92 Å². The zero-order chi connectivity index (χ0) is 14.5. The van der Waals surface area contributed by atoms with E-state index < -0.39 is 0 Å². The molecule has 0 radical (unpaired) electrons. The van der Waals surface area contributed by atoms with Crippen molar-refractivity contribution in [2.75, 3.05) is 12.4 Å². The van der Waals surface area contributed by atoms with Gasteiger partial charge in [0.1, 0.15) is 18.1 Å². The first-order valence-electron chi connectivity index (χ1n) is 6.25. The number of anilines is 1. The summed E-state index contributed by atoms with van der Waals surface area (Å²) in [5.41, 5.74) is 2.15. The SMILES string of the molecule is COC(=O)c1cc(C)ccc1NCc1ccc(CO)o1. The van der Waals surface area contributed by atoms with Crippen LogP contribution < -0.4 is 5.32 Å². The van der Waals surface area contributed by atoms with Gasteiger partial charge in [-0.15, -0.1) is 0 Å². The van der Waals surface area contributed by atoms with Crippen molar-refractivity contribution < 1.29 is 19.1 Å². The summed E-state index contributed by atoms with van der Waals surface area (Å²) < 4.78 is 10.1. The first-order valence-corrected chi connectivity index (χ1v) is 6.25. The molecule has 0 fully saturated rings. The van der Waals surface area contributed by atoms with Crippen molar-refractivity contribution in [3.8, 4) is 0 Å². The van der Waals surface area contributed by atoms with Gasteiger partial charge in [0.15, 0.2) is 0 Å². The van der Waals surface area contributed by atoms with E-state index in [9.17, 15) is 4.79 Å². The van der Waals surface area contributed by atoms with E-state index >= 15 is 0 Å². The van der Waals surface area contributed by atoms with Gasteiger partial charge < -0.3 is 19.6 Å². The molecule has 0 aliphatic rings. The molecule has 0 bridgehead atoms. The normalized spacial score (nSPS) is 10.3. The van der Waals surface area contributed by atoms with Gasteiger partial charge in [-0.2, -0.15) is 0 Å². The molecule has 0 atom stereocenters. The number of hydrogen-bond donors (Lipinski definition) is 2. The van der Waals surface area contributed by atoms with E-state index in [1.54, 1.807) is 18.2 Å². The van der Waals surface area contributed by atoms with Crippen LogP contribution in [0.2, 0.25) is 0 Å². The number of carbonyl (C=O) groups is 1. The van der Waals surface area contributed by atoms with Crippen LogP contribution in [0.5, 0.6) is 0 Å². The van der Waals surface area contributed by atoms with Crippen LogP contribution >= 0.6 is 0 Å². The molecule has 0 unspecified atom stereocenters. The maximum atomic E-state index is 11.7. The van der Waals surface area contributed by atoms with Crippen LogP contribution in [0.25, 0.3) is 0 Å². The minimum atomic E-state index is -0.383. The van der Waals surface area contributed by atoms with Crippen molar-refractivity contribution in [2.45, 2.75) is 20.1 Å². The number of furan rings is 1. The Balaban J connectivity index is 2.14. The Morgan fingerprint density at radius 1 is 1.30 bits per heavy atom. The molecule has 0 saturated carbocycles. The van der Waals surface area contributed by atoms with Crippen LogP contribution in [0.4, 0.5) is 5.69 Å². The van der Waals surface area contributed by atoms with Gasteiger partial charge in [-0.25, -0.2) is 4.79 Å². The zero-order valence-corrected chi connectivity index (χ0v) is 11.5. The summed E-state index contributed by atoms with van der Waals surface area (Å²) in [4.78, 5) is 11.7. The number of rotatable bonds is 5. The Hall–Kier alpha value is -2.27.